The van der Waals surface area contributed by atoms with Crippen molar-refractivity contribution in [1.29, 1.82) is 0 Å². The molecule has 2 unspecified atom stereocenters. The zero-order valence-electron chi connectivity index (χ0n) is 13.0. The molecule has 1 aliphatic carbocycles. The summed E-state index contributed by atoms with van der Waals surface area (Å²) in [4.78, 5) is 7.27. The summed E-state index contributed by atoms with van der Waals surface area (Å²) in [6.07, 6.45) is 7.38. The van der Waals surface area contributed by atoms with E-state index in [2.05, 4.69) is 43.3 Å². The fraction of sp³-hybridized carbons (Fsp3) is 0.706. The van der Waals surface area contributed by atoms with Crippen LogP contribution < -0.4 is 10.2 Å². The van der Waals surface area contributed by atoms with Gasteiger partial charge in [-0.25, -0.2) is 4.98 Å². The van der Waals surface area contributed by atoms with E-state index in [9.17, 15) is 0 Å². The summed E-state index contributed by atoms with van der Waals surface area (Å²) in [5, 5.41) is 3.56. The molecule has 3 nitrogen and oxygen atoms in total. The van der Waals surface area contributed by atoms with Crippen LogP contribution in [0.15, 0.2) is 12.3 Å². The van der Waals surface area contributed by atoms with Crippen molar-refractivity contribution < 1.29 is 0 Å². The van der Waals surface area contributed by atoms with Gasteiger partial charge in [0.05, 0.1) is 0 Å². The molecule has 1 N–H and O–H groups in total. The Labute approximate surface area is 122 Å². The number of rotatable bonds is 4. The smallest absolute Gasteiger partial charge is 0.131 e. The van der Waals surface area contributed by atoms with Crippen LogP contribution in [-0.4, -0.2) is 23.6 Å². The Morgan fingerprint density at radius 1 is 1.30 bits per heavy atom. The second-order valence-electron chi connectivity index (χ2n) is 6.69. The highest BCUT2D eigenvalue weighted by molar-refractivity contribution is 5.48. The van der Waals surface area contributed by atoms with E-state index < -0.39 is 0 Å². The zero-order chi connectivity index (χ0) is 14.1. The summed E-state index contributed by atoms with van der Waals surface area (Å²) in [5.41, 5.74) is 2.64. The van der Waals surface area contributed by atoms with Gasteiger partial charge in [0.2, 0.25) is 0 Å². The zero-order valence-corrected chi connectivity index (χ0v) is 13.0. The van der Waals surface area contributed by atoms with Gasteiger partial charge in [0, 0.05) is 31.4 Å². The lowest BCUT2D eigenvalue weighted by Gasteiger charge is -2.39. The third kappa shape index (κ3) is 2.98. The SMILES string of the molecule is Cc1cc(CNC2CC2)cnc1N1CCCC(C)C1C. The van der Waals surface area contributed by atoms with E-state index in [1.165, 1.54) is 42.6 Å². The van der Waals surface area contributed by atoms with Crippen LogP contribution in [-0.2, 0) is 6.54 Å². The molecule has 1 aromatic heterocycles. The summed E-state index contributed by atoms with van der Waals surface area (Å²) in [6.45, 7) is 9.02. The summed E-state index contributed by atoms with van der Waals surface area (Å²) in [6, 6.07) is 3.67. The van der Waals surface area contributed by atoms with Crippen LogP contribution in [0.4, 0.5) is 5.82 Å². The molecule has 1 aliphatic heterocycles. The van der Waals surface area contributed by atoms with Crippen molar-refractivity contribution in [3.8, 4) is 0 Å². The number of pyridine rings is 1. The predicted molar refractivity (Wildman–Crippen MR) is 84.0 cm³/mol. The highest BCUT2D eigenvalue weighted by atomic mass is 15.2. The van der Waals surface area contributed by atoms with Crippen LogP contribution in [0.3, 0.4) is 0 Å². The molecule has 0 bridgehead atoms. The maximum Gasteiger partial charge on any atom is 0.131 e. The number of piperidine rings is 1. The van der Waals surface area contributed by atoms with Crippen molar-refractivity contribution in [3.63, 3.8) is 0 Å². The molecule has 2 fully saturated rings. The van der Waals surface area contributed by atoms with Gasteiger partial charge in [0.25, 0.3) is 0 Å². The highest BCUT2D eigenvalue weighted by Gasteiger charge is 2.26. The number of nitrogens with one attached hydrogen (secondary N) is 1. The average Bonchev–Trinajstić information content (AvgIpc) is 3.24. The van der Waals surface area contributed by atoms with E-state index in [0.29, 0.717) is 6.04 Å². The molecule has 0 amide bonds. The fourth-order valence-corrected chi connectivity index (χ4v) is 3.21. The lowest BCUT2D eigenvalue weighted by Crippen LogP contribution is -2.43. The topological polar surface area (TPSA) is 28.2 Å². The number of anilines is 1. The molecule has 3 rings (SSSR count). The molecule has 3 heteroatoms. The van der Waals surface area contributed by atoms with E-state index in [0.717, 1.165) is 25.0 Å². The third-order valence-electron chi connectivity index (χ3n) is 4.93. The van der Waals surface area contributed by atoms with E-state index in [1.807, 2.05) is 0 Å². The maximum atomic E-state index is 4.77. The van der Waals surface area contributed by atoms with E-state index in [1.54, 1.807) is 0 Å². The highest BCUT2D eigenvalue weighted by Crippen LogP contribution is 2.29. The minimum Gasteiger partial charge on any atom is -0.353 e. The minimum absolute atomic E-state index is 0.602. The van der Waals surface area contributed by atoms with E-state index in [-0.39, 0.29) is 0 Å². The standard InChI is InChI=1S/C17H27N3/c1-12-5-4-8-20(14(12)3)17-13(2)9-15(11-19-17)10-18-16-6-7-16/h9,11-12,14,16,18H,4-8,10H2,1-3H3. The van der Waals surface area contributed by atoms with Crippen molar-refractivity contribution in [1.82, 2.24) is 10.3 Å². The van der Waals surface area contributed by atoms with E-state index in [4.69, 9.17) is 4.98 Å². The summed E-state index contributed by atoms with van der Waals surface area (Å²) in [7, 11) is 0. The first-order valence-electron chi connectivity index (χ1n) is 8.10. The summed E-state index contributed by atoms with van der Waals surface area (Å²) < 4.78 is 0. The van der Waals surface area contributed by atoms with Crippen LogP contribution in [0, 0.1) is 12.8 Å². The van der Waals surface area contributed by atoms with Gasteiger partial charge in [-0.1, -0.05) is 6.92 Å². The third-order valence-corrected chi connectivity index (χ3v) is 4.93. The first-order chi connectivity index (χ1) is 9.65. The lowest BCUT2D eigenvalue weighted by molar-refractivity contribution is 0.361. The quantitative estimate of drug-likeness (QED) is 0.912. The van der Waals surface area contributed by atoms with Crippen LogP contribution in [0.1, 0.15) is 50.7 Å². The minimum atomic E-state index is 0.602. The Bertz CT molecular complexity index is 467. The van der Waals surface area contributed by atoms with Gasteiger partial charge in [-0.05, 0) is 62.6 Å². The lowest BCUT2D eigenvalue weighted by atomic mass is 9.92. The molecule has 110 valence electrons. The van der Waals surface area contributed by atoms with Crippen molar-refractivity contribution in [2.45, 2.75) is 65.1 Å². The van der Waals surface area contributed by atoms with Crippen LogP contribution in [0.25, 0.3) is 0 Å². The Morgan fingerprint density at radius 2 is 2.10 bits per heavy atom. The first-order valence-corrected chi connectivity index (χ1v) is 8.10. The molecule has 1 saturated heterocycles. The molecule has 2 heterocycles. The van der Waals surface area contributed by atoms with Gasteiger partial charge >= 0.3 is 0 Å². The average molecular weight is 273 g/mol. The Hall–Kier alpha value is -1.09. The molecule has 1 saturated carbocycles. The largest absolute Gasteiger partial charge is 0.353 e. The molecule has 20 heavy (non-hydrogen) atoms. The maximum absolute atomic E-state index is 4.77. The van der Waals surface area contributed by atoms with Crippen molar-refractivity contribution in [2.24, 2.45) is 5.92 Å². The number of aromatic nitrogens is 1. The molecule has 2 atom stereocenters. The number of hydrogen-bond acceptors (Lipinski definition) is 3. The number of aryl methyl sites for hydroxylation is 1. The second kappa shape index (κ2) is 5.72. The molecular formula is C17H27N3. The van der Waals surface area contributed by atoms with Gasteiger partial charge in [-0.15, -0.1) is 0 Å². The summed E-state index contributed by atoms with van der Waals surface area (Å²) >= 11 is 0. The molecule has 0 radical (unpaired) electrons. The van der Waals surface area contributed by atoms with Gasteiger partial charge in [-0.3, -0.25) is 0 Å². The van der Waals surface area contributed by atoms with Crippen molar-refractivity contribution >= 4 is 5.82 Å². The fourth-order valence-electron chi connectivity index (χ4n) is 3.21. The summed E-state index contributed by atoms with van der Waals surface area (Å²) in [5.74, 6) is 1.96. The van der Waals surface area contributed by atoms with E-state index >= 15 is 0 Å². The molecule has 2 aliphatic rings. The monoisotopic (exact) mass is 273 g/mol. The number of nitrogens with zero attached hydrogens (tertiary/aromatic N) is 2. The Kier molecular flexibility index (Phi) is 3.97. The molecule has 1 aromatic rings. The van der Waals surface area contributed by atoms with Gasteiger partial charge in [0.15, 0.2) is 0 Å². The first kappa shape index (κ1) is 13.9. The molecule has 0 spiro atoms. The Morgan fingerprint density at radius 3 is 2.80 bits per heavy atom. The van der Waals surface area contributed by atoms with Crippen molar-refractivity contribution in [3.05, 3.63) is 23.4 Å². The molecule has 0 aromatic carbocycles. The number of hydrogen-bond donors (Lipinski definition) is 1. The second-order valence-corrected chi connectivity index (χ2v) is 6.69. The van der Waals surface area contributed by atoms with Gasteiger partial charge < -0.3 is 10.2 Å². The van der Waals surface area contributed by atoms with Crippen LogP contribution in [0.5, 0.6) is 0 Å². The van der Waals surface area contributed by atoms with Crippen LogP contribution >= 0.6 is 0 Å². The van der Waals surface area contributed by atoms with Gasteiger partial charge in [0.1, 0.15) is 5.82 Å². The predicted octanol–water partition coefficient (Wildman–Crippen LogP) is 3.27. The van der Waals surface area contributed by atoms with Crippen molar-refractivity contribution in [2.75, 3.05) is 11.4 Å². The normalized spacial score (nSPS) is 26.9. The Balaban J connectivity index is 1.72. The molecular weight excluding hydrogens is 246 g/mol. The van der Waals surface area contributed by atoms with Gasteiger partial charge in [-0.2, -0.15) is 0 Å². The van der Waals surface area contributed by atoms with Crippen LogP contribution in [0.2, 0.25) is 0 Å².